The molecule has 1 aliphatic heterocycles. The van der Waals surface area contributed by atoms with Gasteiger partial charge in [0.15, 0.2) is 5.82 Å². The van der Waals surface area contributed by atoms with E-state index in [0.29, 0.717) is 5.82 Å². The van der Waals surface area contributed by atoms with Gasteiger partial charge in [-0.2, -0.15) is 0 Å². The maximum Gasteiger partial charge on any atom is 0.160 e. The Kier molecular flexibility index (Phi) is 9.20. The largest absolute Gasteiger partial charge is 0.378 e. The first-order valence-corrected chi connectivity index (χ1v) is 22.4. The lowest BCUT2D eigenvalue weighted by Gasteiger charge is -2.22. The van der Waals surface area contributed by atoms with E-state index in [1.807, 2.05) is 12.3 Å². The molecular formula is C61H44N4. The lowest BCUT2D eigenvalue weighted by molar-refractivity contribution is 0.993. The molecule has 0 bridgehead atoms. The van der Waals surface area contributed by atoms with Gasteiger partial charge in [0.25, 0.3) is 0 Å². The zero-order valence-corrected chi connectivity index (χ0v) is 36.5. The minimum absolute atomic E-state index is 0.258. The molecule has 0 spiro atoms. The number of pyridine rings is 1. The third kappa shape index (κ3) is 6.83. The lowest BCUT2D eigenvalue weighted by atomic mass is 9.90. The van der Waals surface area contributed by atoms with Gasteiger partial charge in [-0.05, 0) is 117 Å². The molecule has 1 aliphatic rings. The second-order valence-corrected chi connectivity index (χ2v) is 17.4. The molecule has 0 saturated heterocycles. The average molecular weight is 833 g/mol. The van der Waals surface area contributed by atoms with E-state index in [0.717, 1.165) is 88.7 Å². The number of benzene rings is 9. The van der Waals surface area contributed by atoms with Crippen molar-refractivity contribution in [2.45, 2.75) is 26.8 Å². The highest BCUT2D eigenvalue weighted by molar-refractivity contribution is 6.07. The summed E-state index contributed by atoms with van der Waals surface area (Å²) in [6.07, 6.45) is 6.30. The van der Waals surface area contributed by atoms with Crippen molar-refractivity contribution in [3.8, 4) is 67.2 Å². The van der Waals surface area contributed by atoms with E-state index in [4.69, 9.17) is 15.0 Å². The van der Waals surface area contributed by atoms with Crippen molar-refractivity contribution in [2.24, 2.45) is 0 Å². The van der Waals surface area contributed by atoms with Crippen molar-refractivity contribution in [1.29, 1.82) is 0 Å². The molecule has 308 valence electrons. The standard InChI is InChI=1S/C61H44N4/c1-37-31-47(53-18-8-15-42-17-10-30-62-57(42)53)26-28-51(37)59-56-36-50(46-24-22-40-11-4-6-13-44(40)33-46)35-55(49-25-23-41-12-5-7-14-45(41)34-49)60(56)65-61(64-59)52-29-27-48(32-38(52)2)54-19-9-16-43-21-20-39(3)63-58(43)54/h4-36,39,63H,1-3H3. The molecule has 0 amide bonds. The van der Waals surface area contributed by atoms with Crippen LogP contribution in [0, 0.1) is 13.8 Å². The molecule has 2 aromatic heterocycles. The van der Waals surface area contributed by atoms with Crippen molar-refractivity contribution >= 4 is 55.1 Å². The summed E-state index contributed by atoms with van der Waals surface area (Å²) < 4.78 is 0. The zero-order valence-electron chi connectivity index (χ0n) is 36.5. The van der Waals surface area contributed by atoms with Gasteiger partial charge in [-0.25, -0.2) is 9.97 Å². The quantitative estimate of drug-likeness (QED) is 0.181. The van der Waals surface area contributed by atoms with Gasteiger partial charge in [0, 0.05) is 56.5 Å². The molecule has 3 heterocycles. The van der Waals surface area contributed by atoms with Crippen LogP contribution in [0.4, 0.5) is 5.69 Å². The van der Waals surface area contributed by atoms with E-state index in [2.05, 4.69) is 214 Å². The summed E-state index contributed by atoms with van der Waals surface area (Å²) >= 11 is 0. The highest BCUT2D eigenvalue weighted by Gasteiger charge is 2.21. The normalized spacial score (nSPS) is 13.4. The number of hydrogen-bond acceptors (Lipinski definition) is 4. The van der Waals surface area contributed by atoms with E-state index in [1.165, 1.54) is 38.4 Å². The van der Waals surface area contributed by atoms with Gasteiger partial charge in [0.05, 0.1) is 16.7 Å². The number of nitrogens with zero attached hydrogens (tertiary/aromatic N) is 3. The SMILES string of the molecule is Cc1cc(-c2cccc3c2NC(C)C=C3)ccc1-c1nc(-c2ccc(-c3cccc4cccnc34)cc2C)c2cc(-c3ccc4ccccc4c3)cc(-c3ccc4ccccc4c3)c2n1. The molecule has 1 atom stereocenters. The fourth-order valence-corrected chi connectivity index (χ4v) is 9.82. The molecule has 0 fully saturated rings. The molecule has 4 nitrogen and oxygen atoms in total. The minimum Gasteiger partial charge on any atom is -0.378 e. The van der Waals surface area contributed by atoms with Crippen molar-refractivity contribution in [2.75, 3.05) is 5.32 Å². The van der Waals surface area contributed by atoms with Crippen molar-refractivity contribution in [1.82, 2.24) is 15.0 Å². The minimum atomic E-state index is 0.258. The topological polar surface area (TPSA) is 50.7 Å². The number of aryl methyl sites for hydroxylation is 2. The van der Waals surface area contributed by atoms with Crippen LogP contribution in [0.1, 0.15) is 23.6 Å². The number of para-hydroxylation sites is 2. The molecule has 1 N–H and O–H groups in total. The summed E-state index contributed by atoms with van der Waals surface area (Å²) in [6, 6.07) is 66.1. The zero-order chi connectivity index (χ0) is 43.6. The van der Waals surface area contributed by atoms with Gasteiger partial charge in [-0.1, -0.05) is 164 Å². The number of nitrogens with one attached hydrogen (secondary N) is 1. The predicted molar refractivity (Wildman–Crippen MR) is 274 cm³/mol. The van der Waals surface area contributed by atoms with Crippen LogP contribution < -0.4 is 5.32 Å². The molecule has 12 rings (SSSR count). The summed E-state index contributed by atoms with van der Waals surface area (Å²) in [7, 11) is 0. The number of anilines is 1. The molecule has 0 saturated carbocycles. The van der Waals surface area contributed by atoms with Crippen LogP contribution in [0.25, 0.3) is 117 Å². The van der Waals surface area contributed by atoms with E-state index < -0.39 is 0 Å². The molecule has 4 heteroatoms. The Morgan fingerprint density at radius 3 is 1.82 bits per heavy atom. The second kappa shape index (κ2) is 15.5. The number of aromatic nitrogens is 3. The van der Waals surface area contributed by atoms with Crippen LogP contribution in [0.2, 0.25) is 0 Å². The third-order valence-electron chi connectivity index (χ3n) is 13.2. The van der Waals surface area contributed by atoms with Crippen molar-refractivity contribution in [3.63, 3.8) is 0 Å². The Balaban J connectivity index is 1.11. The molecule has 65 heavy (non-hydrogen) atoms. The monoisotopic (exact) mass is 832 g/mol. The van der Waals surface area contributed by atoms with E-state index in [1.54, 1.807) is 0 Å². The van der Waals surface area contributed by atoms with Crippen LogP contribution in [-0.4, -0.2) is 21.0 Å². The first kappa shape index (κ1) is 38.5. The lowest BCUT2D eigenvalue weighted by Crippen LogP contribution is -2.16. The van der Waals surface area contributed by atoms with Gasteiger partial charge in [-0.3, -0.25) is 4.98 Å². The second-order valence-electron chi connectivity index (χ2n) is 17.4. The van der Waals surface area contributed by atoms with Crippen LogP contribution in [-0.2, 0) is 0 Å². The van der Waals surface area contributed by atoms with Gasteiger partial charge >= 0.3 is 0 Å². The smallest absolute Gasteiger partial charge is 0.160 e. The Labute approximate surface area is 378 Å². The molecule has 0 radical (unpaired) electrons. The summed E-state index contributed by atoms with van der Waals surface area (Å²) in [6.45, 7) is 6.57. The van der Waals surface area contributed by atoms with Gasteiger partial charge in [0.1, 0.15) is 0 Å². The van der Waals surface area contributed by atoms with Crippen molar-refractivity contribution < 1.29 is 0 Å². The first-order chi connectivity index (χ1) is 31.9. The third-order valence-corrected chi connectivity index (χ3v) is 13.2. The predicted octanol–water partition coefficient (Wildman–Crippen LogP) is 15.9. The van der Waals surface area contributed by atoms with Crippen LogP contribution >= 0.6 is 0 Å². The first-order valence-electron chi connectivity index (χ1n) is 22.4. The number of rotatable bonds is 6. The Bertz CT molecular complexity index is 3740. The van der Waals surface area contributed by atoms with Crippen molar-refractivity contribution in [3.05, 3.63) is 211 Å². The van der Waals surface area contributed by atoms with Gasteiger partial charge < -0.3 is 5.32 Å². The fourth-order valence-electron chi connectivity index (χ4n) is 9.82. The molecule has 0 aliphatic carbocycles. The van der Waals surface area contributed by atoms with E-state index >= 15 is 0 Å². The van der Waals surface area contributed by atoms with Crippen LogP contribution in [0.5, 0.6) is 0 Å². The maximum atomic E-state index is 5.62. The Hall–Kier alpha value is -8.21. The van der Waals surface area contributed by atoms with Gasteiger partial charge in [0.2, 0.25) is 0 Å². The highest BCUT2D eigenvalue weighted by Crippen LogP contribution is 2.43. The molecular weight excluding hydrogens is 789 g/mol. The average Bonchev–Trinajstić information content (AvgIpc) is 3.35. The number of hydrogen-bond donors (Lipinski definition) is 1. The van der Waals surface area contributed by atoms with Crippen LogP contribution in [0.3, 0.4) is 0 Å². The van der Waals surface area contributed by atoms with Crippen LogP contribution in [0.15, 0.2) is 194 Å². The number of fused-ring (bicyclic) bond motifs is 5. The molecule has 11 aromatic rings. The summed E-state index contributed by atoms with van der Waals surface area (Å²) in [5.41, 5.74) is 18.5. The Morgan fingerprint density at radius 2 is 1.05 bits per heavy atom. The van der Waals surface area contributed by atoms with E-state index in [9.17, 15) is 0 Å². The van der Waals surface area contributed by atoms with E-state index in [-0.39, 0.29) is 6.04 Å². The summed E-state index contributed by atoms with van der Waals surface area (Å²) in [4.78, 5) is 16.0. The highest BCUT2D eigenvalue weighted by atomic mass is 14.9. The maximum absolute atomic E-state index is 5.62. The Morgan fingerprint density at radius 1 is 0.431 bits per heavy atom. The van der Waals surface area contributed by atoms with Gasteiger partial charge in [-0.15, -0.1) is 0 Å². The molecule has 1 unspecified atom stereocenters. The summed E-state index contributed by atoms with van der Waals surface area (Å²) in [5, 5.41) is 10.6. The summed E-state index contributed by atoms with van der Waals surface area (Å²) in [5.74, 6) is 0.698. The fraction of sp³-hybridized carbons (Fsp3) is 0.0656. The molecule has 9 aromatic carbocycles.